The molecule has 31 N–H and O–H groups in total. The van der Waals surface area contributed by atoms with Crippen molar-refractivity contribution in [2.24, 2.45) is 0 Å². The Bertz CT molecular complexity index is 3050. The smallest absolute Gasteiger partial charge is 0.364 e. The van der Waals surface area contributed by atoms with Crippen LogP contribution in [-0.4, -0.2) is 470 Å². The number of ether oxygens (including phenoxy) is 13. The zero-order valence-corrected chi connectivity index (χ0v) is 57.9. The predicted molar refractivity (Wildman–Crippen MR) is 333 cm³/mol. The number of aliphatic hydroxyl groups excluding tert-OH is 24. The van der Waals surface area contributed by atoms with Gasteiger partial charge < -0.3 is 221 Å². The maximum absolute atomic E-state index is 14.2. The molecule has 7 aliphatic rings. The van der Waals surface area contributed by atoms with Crippen molar-refractivity contribution in [1.82, 2.24) is 21.3 Å². The Morgan fingerprint density at radius 3 is 1.21 bits per heavy atom. The first-order valence-electron chi connectivity index (χ1n) is 33.8. The van der Waals surface area contributed by atoms with Gasteiger partial charge in [-0.3, -0.25) is 19.2 Å². The molecule has 7 rings (SSSR count). The molecule has 0 saturated carbocycles. The van der Waals surface area contributed by atoms with Crippen LogP contribution in [-0.2, 0) is 95.1 Å². The van der Waals surface area contributed by atoms with E-state index in [1.807, 2.05) is 10.6 Å². The number of amides is 4. The van der Waals surface area contributed by atoms with Crippen LogP contribution < -0.4 is 21.3 Å². The molecule has 110 heavy (non-hydrogen) atoms. The van der Waals surface area contributed by atoms with E-state index in [0.29, 0.717) is 0 Å². The molecule has 4 amide bonds. The van der Waals surface area contributed by atoms with Gasteiger partial charge in [-0.25, -0.2) is 14.4 Å². The summed E-state index contributed by atoms with van der Waals surface area (Å²) in [5.74, 6) is -23.3. The number of carboxylic acids is 3. The first kappa shape index (κ1) is 92.0. The molecule has 7 saturated heterocycles. The largest absolute Gasteiger partial charge is 0.477 e. The molecular weight excluding hydrogens is 1520 g/mol. The van der Waals surface area contributed by atoms with Gasteiger partial charge in [0.1, 0.15) is 166 Å². The molecule has 0 bridgehead atoms. The quantitative estimate of drug-likeness (QED) is 0.0284. The summed E-state index contributed by atoms with van der Waals surface area (Å²) >= 11 is 0. The van der Waals surface area contributed by atoms with Crippen LogP contribution in [0.2, 0.25) is 0 Å². The summed E-state index contributed by atoms with van der Waals surface area (Å²) in [6.07, 6.45) is -78.8. The van der Waals surface area contributed by atoms with Crippen molar-refractivity contribution < 1.29 is 233 Å². The summed E-state index contributed by atoms with van der Waals surface area (Å²) in [7, 11) is 0. The van der Waals surface area contributed by atoms with Gasteiger partial charge in [-0.05, 0) is 0 Å². The second-order valence-electron chi connectivity index (χ2n) is 26.8. The zero-order chi connectivity index (χ0) is 82.3. The molecule has 0 aliphatic carbocycles. The van der Waals surface area contributed by atoms with Gasteiger partial charge in [0.25, 0.3) is 17.4 Å². The van der Waals surface area contributed by atoms with Crippen molar-refractivity contribution in [1.29, 1.82) is 0 Å². The van der Waals surface area contributed by atoms with Gasteiger partial charge in [-0.2, -0.15) is 0 Å². The van der Waals surface area contributed by atoms with E-state index < -0.39 is 352 Å². The van der Waals surface area contributed by atoms with Crippen molar-refractivity contribution >= 4 is 41.5 Å². The van der Waals surface area contributed by atoms with Gasteiger partial charge in [-0.1, -0.05) is 0 Å². The molecule has 634 valence electrons. The number of hydrogen-bond donors (Lipinski definition) is 31. The Labute approximate surface area is 618 Å². The highest BCUT2D eigenvalue weighted by atomic mass is 16.8. The van der Waals surface area contributed by atoms with E-state index in [0.717, 1.165) is 13.8 Å². The van der Waals surface area contributed by atoms with Gasteiger partial charge in [0, 0.05) is 33.1 Å². The first-order chi connectivity index (χ1) is 51.7. The van der Waals surface area contributed by atoms with Gasteiger partial charge in [-0.15, -0.1) is 0 Å². The Kier molecular flexibility index (Phi) is 32.6. The summed E-state index contributed by atoms with van der Waals surface area (Å²) in [6, 6.07) is -8.63. The number of hydrogen-bond acceptors (Lipinski definition) is 44. The predicted octanol–water partition coefficient (Wildman–Crippen LogP) is -20.1. The number of carbonyl (C=O) groups is 7. The fourth-order valence-electron chi connectivity index (χ4n) is 13.7. The van der Waals surface area contributed by atoms with Crippen LogP contribution in [0.1, 0.15) is 33.1 Å². The number of carboxylic acid groups (broad SMARTS) is 3. The summed E-state index contributed by atoms with van der Waals surface area (Å²) in [4.78, 5) is 92.6. The van der Waals surface area contributed by atoms with Crippen LogP contribution in [0.25, 0.3) is 0 Å². The molecule has 7 fully saturated rings. The zero-order valence-electron chi connectivity index (χ0n) is 57.9. The maximum atomic E-state index is 14.2. The van der Waals surface area contributed by atoms with Crippen LogP contribution in [0.5, 0.6) is 0 Å². The Hall–Kier alpha value is -5.19. The van der Waals surface area contributed by atoms with Crippen LogP contribution in [0.15, 0.2) is 0 Å². The van der Waals surface area contributed by atoms with Crippen LogP contribution in [0, 0.1) is 0 Å². The summed E-state index contributed by atoms with van der Waals surface area (Å²) in [5, 5.41) is 305. The minimum atomic E-state index is -3.85. The summed E-state index contributed by atoms with van der Waals surface area (Å²) < 4.78 is 74.9. The molecule has 7 heterocycles. The fraction of sp³-hybridized carbons (Fsp3) is 0.881. The second-order valence-corrected chi connectivity index (χ2v) is 26.8. The number of nitrogens with one attached hydrogen (secondary N) is 4. The van der Waals surface area contributed by atoms with Crippen molar-refractivity contribution in [2.75, 3.05) is 59.5 Å². The highest BCUT2D eigenvalue weighted by Gasteiger charge is 2.66. The van der Waals surface area contributed by atoms with E-state index in [1.54, 1.807) is 0 Å². The lowest BCUT2D eigenvalue weighted by molar-refractivity contribution is -0.403. The highest BCUT2D eigenvalue weighted by Crippen LogP contribution is 2.44. The lowest BCUT2D eigenvalue weighted by Gasteiger charge is -2.53. The Morgan fingerprint density at radius 2 is 0.773 bits per heavy atom. The van der Waals surface area contributed by atoms with E-state index >= 15 is 0 Å². The van der Waals surface area contributed by atoms with Crippen LogP contribution in [0.3, 0.4) is 0 Å². The number of carbonyl (C=O) groups excluding carboxylic acids is 4. The number of rotatable bonds is 34. The third-order valence-electron chi connectivity index (χ3n) is 19.3. The lowest BCUT2D eigenvalue weighted by atomic mass is 9.86. The van der Waals surface area contributed by atoms with Crippen molar-refractivity contribution in [3.8, 4) is 0 Å². The van der Waals surface area contributed by atoms with Gasteiger partial charge >= 0.3 is 17.9 Å². The molecule has 7 aliphatic heterocycles. The van der Waals surface area contributed by atoms with Crippen molar-refractivity contribution in [2.45, 2.75) is 265 Å². The first-order valence-corrected chi connectivity index (χ1v) is 33.8. The third-order valence-corrected chi connectivity index (χ3v) is 19.3. The molecule has 38 atom stereocenters. The van der Waals surface area contributed by atoms with Gasteiger partial charge in [0.15, 0.2) is 25.2 Å². The van der Waals surface area contributed by atoms with Crippen LogP contribution >= 0.6 is 0 Å². The molecule has 0 spiro atoms. The SMILES string of the molecule is CC(=O)N[C@H]1[C@H](O[C@@H]2[C@H](O[C@]3(C(=O)O)C[C@H](O)[C@@H](NC(=O)CO)[C@H]([C@H](O)[C@@H](CO)O[C@]4(C(=O)O)C[C@H](O)[C@@H](NC(=O)CO)[C@H]([C@H](O)[C@@H](CO)O[C@]5(C(=O)O)C[C@H](O)[C@@H](NC(C)=O)[C@H]([C@H](O)[C@H](O)CO)O5)O4)O3)[C@@H](O)[C@H](O[C@H]3[C@H](O)[C@@H](O)[C@H](O)O[C@@H]3CO)O[C@@H]2CO)O[C@H](CO)[C@H](O)[C@@H]1O[C@@H]1O[C@H](CO)[C@H](O)[C@H](O)[C@H]1O. The minimum absolute atomic E-state index is 0.851. The third kappa shape index (κ3) is 19.8. The molecule has 0 unspecified atom stereocenters. The summed E-state index contributed by atoms with van der Waals surface area (Å²) in [5.41, 5.74) is 0. The van der Waals surface area contributed by atoms with E-state index in [2.05, 4.69) is 10.6 Å². The second kappa shape index (κ2) is 39.0. The fourth-order valence-corrected chi connectivity index (χ4v) is 13.7. The standard InChI is InChI=1S/C59H96N4O47/c1-15(73)60-29-17(75)3-57(54(92)93,107-46(29)33(81)20(78)6-64)105-23(9-67)36(84)47-30(62-27(79)13-71)18(76)4-58(108-47,55(94)95)106-24(10-68)37(85)48-31(63-28(80)14-72)19(77)5-59(109-48,56(96)97)110-49-42(90)53(102-43-25(11-69)98-50(91)40(88)39(43)87)101-26(12-70)44(49)103-51-32(61-16(2)74)45(35(83)22(8-66)99-51)104-52-41(89)38(86)34(82)21(7-65)100-52/h17-26,29-53,64-72,75-78,81-91H,3-14H2,1-2H3,(H,60,73)(H,61,74)(H,62,79)(H,63,80)(H,92,93)(H,94,95)(H,96,97)/t17-,18-,19-,20+,21+,22+,23+,24+,25+,26+,29+,30+,31+,32+,33+,34-,35-,36+,37+,38-,39+,40+,41+,42+,43+,44-,45+,46+,47+,48+,49+,50+,51-,52-,53-,57+,58+,59-/m0/s1. The van der Waals surface area contributed by atoms with E-state index in [9.17, 15) is 171 Å². The van der Waals surface area contributed by atoms with Gasteiger partial charge in [0.2, 0.25) is 23.6 Å². The normalized spacial score (nSPS) is 42.8. The molecule has 0 aromatic rings. The van der Waals surface area contributed by atoms with Crippen LogP contribution in [0.4, 0.5) is 0 Å². The number of aliphatic hydroxyl groups is 24. The Morgan fingerprint density at radius 1 is 0.391 bits per heavy atom. The molecule has 0 aromatic heterocycles. The molecule has 0 radical (unpaired) electrons. The molecule has 51 nitrogen and oxygen atoms in total. The van der Waals surface area contributed by atoms with E-state index in [-0.39, 0.29) is 0 Å². The molecule has 0 aromatic carbocycles. The lowest BCUT2D eigenvalue weighted by Crippen LogP contribution is -2.73. The molecular formula is C59H96N4O47. The average molecular weight is 1610 g/mol. The average Bonchev–Trinajstić information content (AvgIpc) is 0.748. The van der Waals surface area contributed by atoms with E-state index in [4.69, 9.17) is 61.6 Å². The van der Waals surface area contributed by atoms with Crippen molar-refractivity contribution in [3.63, 3.8) is 0 Å². The molecule has 51 heteroatoms. The van der Waals surface area contributed by atoms with Crippen molar-refractivity contribution in [3.05, 3.63) is 0 Å². The monoisotopic (exact) mass is 1610 g/mol. The van der Waals surface area contributed by atoms with E-state index in [1.165, 1.54) is 0 Å². The maximum Gasteiger partial charge on any atom is 0.364 e. The highest BCUT2D eigenvalue weighted by molar-refractivity contribution is 5.80. The van der Waals surface area contributed by atoms with Gasteiger partial charge in [0.05, 0.1) is 82.7 Å². The minimum Gasteiger partial charge on any atom is -0.477 e. The Balaban J connectivity index is 1.32. The number of aliphatic carboxylic acids is 3. The topological polar surface area (TPSA) is 834 Å². The summed E-state index contributed by atoms with van der Waals surface area (Å²) in [6.45, 7) is -10.9.